The number of aromatic nitrogens is 2. The molecule has 0 unspecified atom stereocenters. The maximum atomic E-state index is 8.60. The largest absolute Gasteiger partial charge is 0.365 e. The number of anilines is 2. The van der Waals surface area contributed by atoms with Crippen molar-refractivity contribution in [2.45, 2.75) is 39.7 Å². The van der Waals surface area contributed by atoms with Crippen LogP contribution in [-0.4, -0.2) is 29.1 Å². The summed E-state index contributed by atoms with van der Waals surface area (Å²) in [6.07, 6.45) is 0.488. The Balaban J connectivity index is 2.90. The molecule has 0 saturated carbocycles. The van der Waals surface area contributed by atoms with E-state index in [9.17, 15) is 0 Å². The predicted molar refractivity (Wildman–Crippen MR) is 73.6 cm³/mol. The van der Waals surface area contributed by atoms with Gasteiger partial charge in [-0.3, -0.25) is 0 Å². The second-order valence-electron chi connectivity index (χ2n) is 5.36. The normalized spacial score (nSPS) is 10.9. The van der Waals surface area contributed by atoms with Gasteiger partial charge >= 0.3 is 0 Å². The standard InChI is InChI=1S/C13H21N5/c1-10-15-11(17-13(2,3)4)9-12(16-10)18(5)8-6-7-14/h9H,6,8H2,1-5H3,(H,15,16,17). The third-order valence-electron chi connectivity index (χ3n) is 2.28. The first-order chi connectivity index (χ1) is 8.31. The van der Waals surface area contributed by atoms with Crippen LogP contribution in [0.2, 0.25) is 0 Å². The maximum absolute atomic E-state index is 8.60. The van der Waals surface area contributed by atoms with Crippen LogP contribution in [0.3, 0.4) is 0 Å². The lowest BCUT2D eigenvalue weighted by Gasteiger charge is -2.23. The summed E-state index contributed by atoms with van der Waals surface area (Å²) in [4.78, 5) is 10.7. The van der Waals surface area contributed by atoms with Crippen molar-refractivity contribution in [3.63, 3.8) is 0 Å². The van der Waals surface area contributed by atoms with Gasteiger partial charge in [0.15, 0.2) is 0 Å². The van der Waals surface area contributed by atoms with Gasteiger partial charge in [-0.25, -0.2) is 9.97 Å². The zero-order valence-corrected chi connectivity index (χ0v) is 11.8. The lowest BCUT2D eigenvalue weighted by atomic mass is 10.1. The van der Waals surface area contributed by atoms with Crippen molar-refractivity contribution in [3.05, 3.63) is 11.9 Å². The molecule has 0 spiro atoms. The molecule has 98 valence electrons. The van der Waals surface area contributed by atoms with Crippen molar-refractivity contribution in [2.75, 3.05) is 23.8 Å². The zero-order valence-electron chi connectivity index (χ0n) is 11.8. The first-order valence-corrected chi connectivity index (χ1v) is 6.04. The van der Waals surface area contributed by atoms with Crippen molar-refractivity contribution in [1.29, 1.82) is 5.26 Å². The van der Waals surface area contributed by atoms with Gasteiger partial charge in [-0.05, 0) is 27.7 Å². The highest BCUT2D eigenvalue weighted by Crippen LogP contribution is 2.18. The Morgan fingerprint density at radius 3 is 2.61 bits per heavy atom. The zero-order chi connectivity index (χ0) is 13.8. The summed E-state index contributed by atoms with van der Waals surface area (Å²) in [7, 11) is 1.93. The minimum atomic E-state index is -0.0384. The van der Waals surface area contributed by atoms with Gasteiger partial charge in [-0.15, -0.1) is 0 Å². The molecule has 5 nitrogen and oxygen atoms in total. The van der Waals surface area contributed by atoms with Gasteiger partial charge < -0.3 is 10.2 Å². The predicted octanol–water partition coefficient (Wildman–Crippen LogP) is 2.35. The van der Waals surface area contributed by atoms with Crippen LogP contribution in [0.5, 0.6) is 0 Å². The van der Waals surface area contributed by atoms with Gasteiger partial charge in [-0.1, -0.05) is 0 Å². The number of hydrogen-bond acceptors (Lipinski definition) is 5. The topological polar surface area (TPSA) is 64.8 Å². The van der Waals surface area contributed by atoms with Crippen LogP contribution in [0.1, 0.15) is 33.0 Å². The molecular weight excluding hydrogens is 226 g/mol. The van der Waals surface area contributed by atoms with Gasteiger partial charge in [0.1, 0.15) is 17.5 Å². The van der Waals surface area contributed by atoms with E-state index in [0.29, 0.717) is 13.0 Å². The van der Waals surface area contributed by atoms with Gasteiger partial charge in [0, 0.05) is 25.2 Å². The van der Waals surface area contributed by atoms with E-state index < -0.39 is 0 Å². The third kappa shape index (κ3) is 4.58. The van der Waals surface area contributed by atoms with Crippen LogP contribution in [0.25, 0.3) is 0 Å². The Hall–Kier alpha value is -1.83. The van der Waals surface area contributed by atoms with Crippen LogP contribution in [-0.2, 0) is 0 Å². The molecule has 0 aliphatic rings. The molecule has 0 saturated heterocycles. The Kier molecular flexibility index (Phi) is 4.49. The van der Waals surface area contributed by atoms with Crippen molar-refractivity contribution >= 4 is 11.6 Å². The second-order valence-corrected chi connectivity index (χ2v) is 5.36. The molecule has 1 rings (SSSR count). The summed E-state index contributed by atoms with van der Waals surface area (Å²) >= 11 is 0. The molecule has 1 N–H and O–H groups in total. The number of nitrogens with zero attached hydrogens (tertiary/aromatic N) is 4. The van der Waals surface area contributed by atoms with E-state index in [0.717, 1.165) is 17.5 Å². The quantitative estimate of drug-likeness (QED) is 0.884. The van der Waals surface area contributed by atoms with Crippen molar-refractivity contribution in [1.82, 2.24) is 9.97 Å². The molecule has 18 heavy (non-hydrogen) atoms. The first kappa shape index (κ1) is 14.2. The highest BCUT2D eigenvalue weighted by atomic mass is 15.2. The average Bonchev–Trinajstić information content (AvgIpc) is 2.22. The minimum Gasteiger partial charge on any atom is -0.365 e. The van der Waals surface area contributed by atoms with Gasteiger partial charge in [0.05, 0.1) is 12.5 Å². The molecule has 1 aromatic heterocycles. The molecule has 0 aromatic carbocycles. The maximum Gasteiger partial charge on any atom is 0.134 e. The SMILES string of the molecule is Cc1nc(NC(C)(C)C)cc(N(C)CCC#N)n1. The fourth-order valence-corrected chi connectivity index (χ4v) is 1.53. The van der Waals surface area contributed by atoms with E-state index in [1.165, 1.54) is 0 Å². The van der Waals surface area contributed by atoms with Gasteiger partial charge in [0.25, 0.3) is 0 Å². The molecule has 0 aliphatic heterocycles. The molecule has 0 atom stereocenters. The summed E-state index contributed by atoms with van der Waals surface area (Å²) < 4.78 is 0. The highest BCUT2D eigenvalue weighted by molar-refractivity contribution is 5.50. The van der Waals surface area contributed by atoms with E-state index in [2.05, 4.69) is 42.1 Å². The summed E-state index contributed by atoms with van der Waals surface area (Å²) in [6, 6.07) is 4.05. The molecule has 0 aliphatic carbocycles. The van der Waals surface area contributed by atoms with Crippen molar-refractivity contribution in [3.8, 4) is 6.07 Å². The van der Waals surface area contributed by atoms with E-state index >= 15 is 0 Å². The molecule has 0 radical (unpaired) electrons. The van der Waals surface area contributed by atoms with Crippen LogP contribution in [0.4, 0.5) is 11.6 Å². The van der Waals surface area contributed by atoms with Crippen molar-refractivity contribution in [2.24, 2.45) is 0 Å². The van der Waals surface area contributed by atoms with Crippen molar-refractivity contribution < 1.29 is 0 Å². The summed E-state index contributed by atoms with van der Waals surface area (Å²) in [5.74, 6) is 2.38. The molecule has 5 heteroatoms. The Bertz CT molecular complexity index is 442. The molecule has 0 fully saturated rings. The number of hydrogen-bond donors (Lipinski definition) is 1. The summed E-state index contributed by atoms with van der Waals surface area (Å²) in [5.41, 5.74) is -0.0384. The van der Waals surface area contributed by atoms with Gasteiger partial charge in [0.2, 0.25) is 0 Å². The lowest BCUT2D eigenvalue weighted by Crippen LogP contribution is -2.27. The Labute approximate surface area is 109 Å². The number of rotatable bonds is 4. The fourth-order valence-electron chi connectivity index (χ4n) is 1.53. The Morgan fingerprint density at radius 2 is 2.06 bits per heavy atom. The summed E-state index contributed by atoms with van der Waals surface area (Å²) in [6.45, 7) is 8.80. The molecule has 0 amide bonds. The minimum absolute atomic E-state index is 0.0384. The van der Waals surface area contributed by atoms with E-state index in [-0.39, 0.29) is 5.54 Å². The van der Waals surface area contributed by atoms with Gasteiger partial charge in [-0.2, -0.15) is 5.26 Å². The average molecular weight is 247 g/mol. The molecule has 1 heterocycles. The van der Waals surface area contributed by atoms with Crippen LogP contribution in [0, 0.1) is 18.3 Å². The molecule has 1 aromatic rings. The number of nitrogens with one attached hydrogen (secondary N) is 1. The van der Waals surface area contributed by atoms with E-state index in [4.69, 9.17) is 5.26 Å². The third-order valence-corrected chi connectivity index (χ3v) is 2.28. The second kappa shape index (κ2) is 5.67. The van der Waals surface area contributed by atoms with Crippen LogP contribution >= 0.6 is 0 Å². The highest BCUT2D eigenvalue weighted by Gasteiger charge is 2.12. The van der Waals surface area contributed by atoms with Crippen LogP contribution < -0.4 is 10.2 Å². The number of aryl methyl sites for hydroxylation is 1. The van der Waals surface area contributed by atoms with Crippen LogP contribution in [0.15, 0.2) is 6.07 Å². The van der Waals surface area contributed by atoms with E-state index in [1.807, 2.05) is 24.9 Å². The monoisotopic (exact) mass is 247 g/mol. The van der Waals surface area contributed by atoms with E-state index in [1.54, 1.807) is 0 Å². The fraction of sp³-hybridized carbons (Fsp3) is 0.615. The number of nitriles is 1. The first-order valence-electron chi connectivity index (χ1n) is 6.04. The Morgan fingerprint density at radius 1 is 1.39 bits per heavy atom. The summed E-state index contributed by atoms with van der Waals surface area (Å²) in [5, 5.41) is 11.9. The smallest absolute Gasteiger partial charge is 0.134 e. The molecular formula is C13H21N5. The molecule has 0 bridgehead atoms. The lowest BCUT2D eigenvalue weighted by molar-refractivity contribution is 0.629.